The molecule has 3 N–H and O–H groups in total. The fourth-order valence-corrected chi connectivity index (χ4v) is 5.38. The van der Waals surface area contributed by atoms with E-state index < -0.39 is 17.6 Å². The Morgan fingerprint density at radius 3 is 1.58 bits per heavy atom. The summed E-state index contributed by atoms with van der Waals surface area (Å²) in [6.07, 6.45) is 17.3. The van der Waals surface area contributed by atoms with Crippen molar-refractivity contribution >= 4 is 17.6 Å². The number of benzene rings is 1. The molecule has 0 spiro atoms. The summed E-state index contributed by atoms with van der Waals surface area (Å²) in [4.78, 5) is 18.1. The van der Waals surface area contributed by atoms with E-state index in [2.05, 4.69) is 11.6 Å². The van der Waals surface area contributed by atoms with E-state index in [1.165, 1.54) is 94.9 Å². The predicted molar refractivity (Wildman–Crippen MR) is 128 cm³/mol. The molecule has 0 fully saturated rings. The Labute approximate surface area is 189 Å². The topological polar surface area (TPSA) is 104 Å². The minimum atomic E-state index is -4.15. The molecule has 0 aliphatic carbocycles. The van der Waals surface area contributed by atoms with Crippen LogP contribution < -0.4 is 4.72 Å². The van der Waals surface area contributed by atoms with Crippen LogP contribution in [0.2, 0.25) is 0 Å². The van der Waals surface area contributed by atoms with E-state index in [9.17, 15) is 13.0 Å². The molecule has 0 aliphatic heterocycles. The number of unbranched alkanes of at least 4 members (excludes halogenated alkanes) is 13. The quantitative estimate of drug-likeness (QED) is 0.165. The third kappa shape index (κ3) is 14.9. The first-order chi connectivity index (χ1) is 14.7. The van der Waals surface area contributed by atoms with Gasteiger partial charge in [0.2, 0.25) is 10.0 Å². The van der Waals surface area contributed by atoms with Crippen molar-refractivity contribution in [2.75, 3.05) is 6.54 Å². The number of hydrogen-bond donors (Lipinski definition) is 3. The van der Waals surface area contributed by atoms with E-state index >= 15 is 0 Å². The maximum atomic E-state index is 12.3. The van der Waals surface area contributed by atoms with Crippen molar-refractivity contribution in [3.05, 3.63) is 29.8 Å². The first-order valence-electron chi connectivity index (χ1n) is 11.9. The van der Waals surface area contributed by atoms with Crippen LogP contribution in [0.3, 0.4) is 0 Å². The fraction of sp³-hybridized carbons (Fsp3) is 0.739. The summed E-state index contributed by atoms with van der Waals surface area (Å²) in [6, 6.07) is 5.66. The van der Waals surface area contributed by atoms with Crippen LogP contribution in [-0.4, -0.2) is 24.7 Å². The van der Waals surface area contributed by atoms with Crippen molar-refractivity contribution in [2.24, 2.45) is 0 Å². The van der Waals surface area contributed by atoms with Crippen molar-refractivity contribution < 1.29 is 22.8 Å². The zero-order chi connectivity index (χ0) is 23.0. The highest BCUT2D eigenvalue weighted by Gasteiger charge is 2.16. The van der Waals surface area contributed by atoms with Crippen molar-refractivity contribution in [1.82, 2.24) is 4.72 Å². The Hall–Kier alpha value is -0.720. The van der Waals surface area contributed by atoms with Crippen LogP contribution in [0.25, 0.3) is 0 Å². The van der Waals surface area contributed by atoms with Crippen molar-refractivity contribution in [2.45, 2.75) is 108 Å². The lowest BCUT2D eigenvalue weighted by Gasteiger charge is -2.08. The maximum absolute atomic E-state index is 12.3. The van der Waals surface area contributed by atoms with Crippen LogP contribution in [0.4, 0.5) is 0 Å². The van der Waals surface area contributed by atoms with Gasteiger partial charge in [-0.2, -0.15) is 0 Å². The molecular formula is C23H42NO5PS. The largest absolute Gasteiger partial charge is 0.329 e. The summed E-state index contributed by atoms with van der Waals surface area (Å²) in [7, 11) is -7.74. The van der Waals surface area contributed by atoms with Gasteiger partial charge in [0.15, 0.2) is 0 Å². The molecule has 0 unspecified atom stereocenters. The first kappa shape index (κ1) is 28.3. The molecule has 6 nitrogen and oxygen atoms in total. The normalized spacial score (nSPS) is 12.4. The standard InChI is InChI=1S/C23H42NO5PS/c1-2-3-4-5-6-7-8-9-10-11-12-13-14-15-20-24-31(28,29)23-18-16-22(17-19-23)21-30(25,26)27/h16-19,24H,2-15,20-21H2,1H3,(H2,25,26,27). The summed E-state index contributed by atoms with van der Waals surface area (Å²) >= 11 is 0. The van der Waals surface area contributed by atoms with Gasteiger partial charge in [0.1, 0.15) is 0 Å². The summed E-state index contributed by atoms with van der Waals surface area (Å²) in [5.74, 6) is 0. The predicted octanol–water partition coefficient (Wildman–Crippen LogP) is 6.12. The second-order valence-electron chi connectivity index (χ2n) is 8.46. The Balaban J connectivity index is 2.05. The van der Waals surface area contributed by atoms with Gasteiger partial charge in [0, 0.05) is 6.54 Å². The number of rotatable bonds is 19. The third-order valence-corrected chi connectivity index (χ3v) is 7.70. The van der Waals surface area contributed by atoms with Gasteiger partial charge in [0.25, 0.3) is 0 Å². The van der Waals surface area contributed by atoms with Gasteiger partial charge in [-0.3, -0.25) is 4.57 Å². The number of nitrogens with one attached hydrogen (secondary N) is 1. The molecule has 1 rings (SSSR count). The van der Waals surface area contributed by atoms with Crippen LogP contribution >= 0.6 is 7.60 Å². The molecule has 0 bridgehead atoms. The highest BCUT2D eigenvalue weighted by molar-refractivity contribution is 7.89. The van der Waals surface area contributed by atoms with Crippen molar-refractivity contribution in [3.63, 3.8) is 0 Å². The average Bonchev–Trinajstić information content (AvgIpc) is 2.70. The molecule has 0 heterocycles. The highest BCUT2D eigenvalue weighted by Crippen LogP contribution is 2.39. The van der Waals surface area contributed by atoms with E-state index in [0.717, 1.165) is 19.3 Å². The molecule has 0 aromatic heterocycles. The van der Waals surface area contributed by atoms with Crippen LogP contribution in [0.1, 0.15) is 102 Å². The third-order valence-electron chi connectivity index (χ3n) is 5.44. The zero-order valence-electron chi connectivity index (χ0n) is 19.1. The molecular weight excluding hydrogens is 433 g/mol. The summed E-state index contributed by atoms with van der Waals surface area (Å²) in [5, 5.41) is 0. The van der Waals surface area contributed by atoms with Crippen LogP contribution in [0.5, 0.6) is 0 Å². The molecule has 0 saturated heterocycles. The summed E-state index contributed by atoms with van der Waals surface area (Å²) in [5.41, 5.74) is 0.416. The molecule has 1 aromatic rings. The molecule has 180 valence electrons. The van der Waals surface area contributed by atoms with Gasteiger partial charge >= 0.3 is 7.60 Å². The molecule has 0 aliphatic rings. The highest BCUT2D eigenvalue weighted by atomic mass is 32.2. The van der Waals surface area contributed by atoms with Crippen LogP contribution in [-0.2, 0) is 20.8 Å². The lowest BCUT2D eigenvalue weighted by molar-refractivity contribution is 0.371. The second-order valence-corrected chi connectivity index (χ2v) is 11.9. The Bertz CT molecular complexity index is 731. The lowest BCUT2D eigenvalue weighted by atomic mass is 10.0. The molecule has 0 atom stereocenters. The molecule has 31 heavy (non-hydrogen) atoms. The first-order valence-corrected chi connectivity index (χ1v) is 15.2. The number of sulfonamides is 1. The molecule has 8 heteroatoms. The van der Waals surface area contributed by atoms with Gasteiger partial charge in [0.05, 0.1) is 11.1 Å². The van der Waals surface area contributed by atoms with Gasteiger partial charge in [-0.1, -0.05) is 103 Å². The van der Waals surface area contributed by atoms with Gasteiger partial charge in [-0.15, -0.1) is 0 Å². The Kier molecular flexibility index (Phi) is 14.6. The fourth-order valence-electron chi connectivity index (χ4n) is 3.62. The van der Waals surface area contributed by atoms with E-state index in [4.69, 9.17) is 9.79 Å². The summed E-state index contributed by atoms with van der Waals surface area (Å²) in [6.45, 7) is 2.66. The molecule has 0 radical (unpaired) electrons. The Morgan fingerprint density at radius 2 is 1.16 bits per heavy atom. The monoisotopic (exact) mass is 475 g/mol. The van der Waals surface area contributed by atoms with Crippen molar-refractivity contribution in [3.8, 4) is 0 Å². The smallest absolute Gasteiger partial charge is 0.324 e. The van der Waals surface area contributed by atoms with E-state index in [0.29, 0.717) is 12.1 Å². The average molecular weight is 476 g/mol. The van der Waals surface area contributed by atoms with Gasteiger partial charge < -0.3 is 9.79 Å². The maximum Gasteiger partial charge on any atom is 0.329 e. The number of hydrogen-bond acceptors (Lipinski definition) is 3. The molecule has 1 aromatic carbocycles. The Morgan fingerprint density at radius 1 is 0.742 bits per heavy atom. The van der Waals surface area contributed by atoms with Crippen LogP contribution in [0.15, 0.2) is 29.2 Å². The van der Waals surface area contributed by atoms with Gasteiger partial charge in [-0.25, -0.2) is 13.1 Å². The van der Waals surface area contributed by atoms with E-state index in [-0.39, 0.29) is 11.1 Å². The van der Waals surface area contributed by atoms with Crippen LogP contribution in [0, 0.1) is 0 Å². The molecule has 0 amide bonds. The van der Waals surface area contributed by atoms with E-state index in [1.807, 2.05) is 0 Å². The SMILES string of the molecule is CCCCCCCCCCCCCCCCNS(=O)(=O)c1ccc(CP(=O)(O)O)cc1. The minimum Gasteiger partial charge on any atom is -0.324 e. The minimum absolute atomic E-state index is 0.118. The zero-order valence-corrected chi connectivity index (χ0v) is 20.8. The van der Waals surface area contributed by atoms with E-state index in [1.54, 1.807) is 0 Å². The van der Waals surface area contributed by atoms with Gasteiger partial charge in [-0.05, 0) is 24.1 Å². The molecule has 0 saturated carbocycles. The summed E-state index contributed by atoms with van der Waals surface area (Å²) < 4.78 is 38.2. The van der Waals surface area contributed by atoms with Crippen molar-refractivity contribution in [1.29, 1.82) is 0 Å². The lowest BCUT2D eigenvalue weighted by Crippen LogP contribution is -2.24. The second kappa shape index (κ2) is 16.0.